The van der Waals surface area contributed by atoms with Crippen LogP contribution in [0.3, 0.4) is 0 Å². The van der Waals surface area contributed by atoms with Gasteiger partial charge in [0, 0.05) is 19.6 Å². The third kappa shape index (κ3) is 2.70. The average molecular weight is 242 g/mol. The van der Waals surface area contributed by atoms with Crippen LogP contribution in [0.15, 0.2) is 0 Å². The van der Waals surface area contributed by atoms with Crippen LogP contribution in [0, 0.1) is 0 Å². The molecule has 0 spiro atoms. The van der Waals surface area contributed by atoms with Gasteiger partial charge in [0.05, 0.1) is 19.1 Å². The minimum absolute atomic E-state index is 0.0161. The molecule has 1 rings (SSSR count). The molecule has 0 aromatic heterocycles. The molecule has 1 unspecified atom stereocenters. The van der Waals surface area contributed by atoms with Crippen LogP contribution in [0.1, 0.15) is 33.6 Å². The summed E-state index contributed by atoms with van der Waals surface area (Å²) in [4.78, 5) is 27.0. The largest absolute Gasteiger partial charge is 0.469 e. The molecular weight excluding hydrogens is 220 g/mol. The molecule has 1 fully saturated rings. The van der Waals surface area contributed by atoms with Gasteiger partial charge in [-0.1, -0.05) is 0 Å². The van der Waals surface area contributed by atoms with Gasteiger partial charge in [-0.3, -0.25) is 4.79 Å². The Morgan fingerprint density at radius 3 is 2.59 bits per heavy atom. The zero-order chi connectivity index (χ0) is 13.2. The van der Waals surface area contributed by atoms with E-state index in [4.69, 9.17) is 0 Å². The third-order valence-corrected chi connectivity index (χ3v) is 3.61. The van der Waals surface area contributed by atoms with Gasteiger partial charge >= 0.3 is 12.0 Å². The molecule has 98 valence electrons. The normalized spacial score (nSPS) is 25.4. The number of amides is 2. The van der Waals surface area contributed by atoms with E-state index in [-0.39, 0.29) is 24.5 Å². The van der Waals surface area contributed by atoms with Crippen LogP contribution in [-0.4, -0.2) is 54.1 Å². The van der Waals surface area contributed by atoms with E-state index >= 15 is 0 Å². The van der Waals surface area contributed by atoms with E-state index in [1.165, 1.54) is 7.11 Å². The molecule has 1 heterocycles. The third-order valence-electron chi connectivity index (χ3n) is 3.61. The molecule has 5 nitrogen and oxygen atoms in total. The number of rotatable bonds is 3. The summed E-state index contributed by atoms with van der Waals surface area (Å²) in [7, 11) is 3.12. The summed E-state index contributed by atoms with van der Waals surface area (Å²) in [5, 5.41) is 0. The maximum absolute atomic E-state index is 12.2. The Hall–Kier alpha value is -1.26. The van der Waals surface area contributed by atoms with E-state index < -0.39 is 5.54 Å². The predicted octanol–water partition coefficient (Wildman–Crippen LogP) is 1.47. The van der Waals surface area contributed by atoms with E-state index in [2.05, 4.69) is 4.74 Å². The maximum Gasteiger partial charge on any atom is 0.320 e. The lowest BCUT2D eigenvalue weighted by molar-refractivity contribution is -0.143. The summed E-state index contributed by atoms with van der Waals surface area (Å²) in [5.41, 5.74) is -0.435. The molecule has 0 bridgehead atoms. The quantitative estimate of drug-likeness (QED) is 0.704. The van der Waals surface area contributed by atoms with E-state index in [1.54, 1.807) is 11.9 Å². The van der Waals surface area contributed by atoms with E-state index in [0.717, 1.165) is 6.42 Å². The van der Waals surface area contributed by atoms with Gasteiger partial charge in [-0.15, -0.1) is 0 Å². The summed E-state index contributed by atoms with van der Waals surface area (Å²) in [6.45, 7) is 6.61. The number of hydrogen-bond acceptors (Lipinski definition) is 3. The Morgan fingerprint density at radius 1 is 1.53 bits per heavy atom. The number of urea groups is 1. The molecule has 1 aliphatic heterocycles. The predicted molar refractivity (Wildman–Crippen MR) is 64.7 cm³/mol. The van der Waals surface area contributed by atoms with Crippen molar-refractivity contribution in [3.63, 3.8) is 0 Å². The highest BCUT2D eigenvalue weighted by Crippen LogP contribution is 2.29. The summed E-state index contributed by atoms with van der Waals surface area (Å²) >= 11 is 0. The highest BCUT2D eigenvalue weighted by atomic mass is 16.5. The van der Waals surface area contributed by atoms with Crippen molar-refractivity contribution in [3.05, 3.63) is 0 Å². The molecule has 17 heavy (non-hydrogen) atoms. The Morgan fingerprint density at radius 2 is 2.12 bits per heavy atom. The number of nitrogens with zero attached hydrogens (tertiary/aromatic N) is 2. The Balaban J connectivity index is 2.79. The molecule has 0 aromatic carbocycles. The fourth-order valence-electron chi connectivity index (χ4n) is 2.12. The second-order valence-electron chi connectivity index (χ2n) is 5.13. The van der Waals surface area contributed by atoms with Crippen molar-refractivity contribution >= 4 is 12.0 Å². The van der Waals surface area contributed by atoms with Crippen molar-refractivity contribution in [1.29, 1.82) is 0 Å². The second-order valence-corrected chi connectivity index (χ2v) is 5.13. The standard InChI is InChI=1S/C12H22N2O3/c1-9(2)14-7-6-12(3,8-10(15)17-5)13(4)11(14)16/h9H,6-8H2,1-5H3. The van der Waals surface area contributed by atoms with Crippen molar-refractivity contribution in [1.82, 2.24) is 9.80 Å². The lowest BCUT2D eigenvalue weighted by Crippen LogP contribution is -2.61. The maximum atomic E-state index is 12.2. The molecular formula is C12H22N2O3. The van der Waals surface area contributed by atoms with Gasteiger partial charge < -0.3 is 14.5 Å². The lowest BCUT2D eigenvalue weighted by Gasteiger charge is -2.47. The molecule has 1 aliphatic rings. The monoisotopic (exact) mass is 242 g/mol. The van der Waals surface area contributed by atoms with Crippen LogP contribution < -0.4 is 0 Å². The molecule has 5 heteroatoms. The summed E-state index contributed by atoms with van der Waals surface area (Å²) in [6, 6.07) is 0.172. The highest BCUT2D eigenvalue weighted by Gasteiger charge is 2.42. The topological polar surface area (TPSA) is 49.9 Å². The summed E-state index contributed by atoms with van der Waals surface area (Å²) in [6.07, 6.45) is 1.03. The fraction of sp³-hybridized carbons (Fsp3) is 0.833. The smallest absolute Gasteiger partial charge is 0.320 e. The van der Waals surface area contributed by atoms with Crippen molar-refractivity contribution in [2.45, 2.75) is 45.2 Å². The Bertz CT molecular complexity index is 317. The molecule has 1 atom stereocenters. The average Bonchev–Trinajstić information content (AvgIpc) is 2.25. The first-order chi connectivity index (χ1) is 7.81. The van der Waals surface area contributed by atoms with Gasteiger partial charge in [-0.05, 0) is 27.2 Å². The summed E-state index contributed by atoms with van der Waals surface area (Å²) < 4.78 is 4.69. The Kier molecular flexibility index (Phi) is 4.01. The second kappa shape index (κ2) is 4.94. The number of esters is 1. The first-order valence-corrected chi connectivity index (χ1v) is 5.93. The van der Waals surface area contributed by atoms with Gasteiger partial charge in [0.25, 0.3) is 0 Å². The van der Waals surface area contributed by atoms with E-state index in [9.17, 15) is 9.59 Å². The fourth-order valence-corrected chi connectivity index (χ4v) is 2.12. The first kappa shape index (κ1) is 13.8. The number of ether oxygens (including phenoxy) is 1. The van der Waals surface area contributed by atoms with Gasteiger partial charge in [0.2, 0.25) is 0 Å². The van der Waals surface area contributed by atoms with Crippen LogP contribution in [0.25, 0.3) is 0 Å². The van der Waals surface area contributed by atoms with E-state index in [1.807, 2.05) is 25.7 Å². The summed E-state index contributed by atoms with van der Waals surface area (Å²) in [5.74, 6) is -0.273. The molecule has 0 aromatic rings. The Labute approximate surface area is 103 Å². The minimum Gasteiger partial charge on any atom is -0.469 e. The number of carbonyl (C=O) groups excluding carboxylic acids is 2. The lowest BCUT2D eigenvalue weighted by atomic mass is 9.89. The SMILES string of the molecule is COC(=O)CC1(C)CCN(C(C)C)C(=O)N1C. The molecule has 1 saturated heterocycles. The van der Waals surface area contributed by atoms with Crippen molar-refractivity contribution in [2.75, 3.05) is 20.7 Å². The van der Waals surface area contributed by atoms with Crippen LogP contribution in [-0.2, 0) is 9.53 Å². The zero-order valence-corrected chi connectivity index (χ0v) is 11.3. The number of hydrogen-bond donors (Lipinski definition) is 0. The number of carbonyl (C=O) groups is 2. The minimum atomic E-state index is -0.435. The van der Waals surface area contributed by atoms with Crippen LogP contribution in [0.2, 0.25) is 0 Å². The molecule has 0 aliphatic carbocycles. The van der Waals surface area contributed by atoms with E-state index in [0.29, 0.717) is 6.54 Å². The van der Waals surface area contributed by atoms with Gasteiger partial charge in [-0.25, -0.2) is 4.79 Å². The molecule has 2 amide bonds. The van der Waals surface area contributed by atoms with Crippen LogP contribution >= 0.6 is 0 Å². The molecule has 0 N–H and O–H groups in total. The zero-order valence-electron chi connectivity index (χ0n) is 11.3. The van der Waals surface area contributed by atoms with Crippen molar-refractivity contribution in [3.8, 4) is 0 Å². The van der Waals surface area contributed by atoms with Crippen molar-refractivity contribution in [2.24, 2.45) is 0 Å². The van der Waals surface area contributed by atoms with Gasteiger partial charge in [-0.2, -0.15) is 0 Å². The van der Waals surface area contributed by atoms with Crippen molar-refractivity contribution < 1.29 is 14.3 Å². The highest BCUT2D eigenvalue weighted by molar-refractivity contribution is 5.78. The molecule has 0 radical (unpaired) electrons. The first-order valence-electron chi connectivity index (χ1n) is 5.93. The number of methoxy groups -OCH3 is 1. The molecule has 0 saturated carbocycles. The van der Waals surface area contributed by atoms with Crippen LogP contribution in [0.5, 0.6) is 0 Å². The van der Waals surface area contributed by atoms with Gasteiger partial charge in [0.15, 0.2) is 0 Å². The van der Waals surface area contributed by atoms with Gasteiger partial charge in [0.1, 0.15) is 0 Å². The van der Waals surface area contributed by atoms with Crippen LogP contribution in [0.4, 0.5) is 4.79 Å².